The van der Waals surface area contributed by atoms with Gasteiger partial charge in [-0.15, -0.1) is 0 Å². The second-order valence-corrected chi connectivity index (χ2v) is 5.80. The van der Waals surface area contributed by atoms with Crippen molar-refractivity contribution in [3.05, 3.63) is 50.4 Å². The maximum absolute atomic E-state index is 12.2. The summed E-state index contributed by atoms with van der Waals surface area (Å²) < 4.78 is 5.96. The van der Waals surface area contributed by atoms with Crippen LogP contribution in [-0.4, -0.2) is 13.0 Å². The molecule has 0 unspecified atom stereocenters. The van der Waals surface area contributed by atoms with E-state index in [4.69, 9.17) is 33.7 Å². The lowest BCUT2D eigenvalue weighted by Crippen LogP contribution is -2.12. The van der Waals surface area contributed by atoms with Crippen molar-refractivity contribution in [3.63, 3.8) is 0 Å². The Labute approximate surface area is 140 Å². The summed E-state index contributed by atoms with van der Waals surface area (Å²) in [5, 5.41) is 3.20. The molecule has 0 saturated heterocycles. The van der Waals surface area contributed by atoms with Crippen LogP contribution in [0.1, 0.15) is 10.4 Å². The summed E-state index contributed by atoms with van der Waals surface area (Å²) in [5.74, 6) is 0.270. The number of benzene rings is 2. The van der Waals surface area contributed by atoms with Crippen LogP contribution in [0.15, 0.2) is 34.8 Å². The van der Waals surface area contributed by atoms with E-state index in [-0.39, 0.29) is 21.6 Å². The van der Waals surface area contributed by atoms with Gasteiger partial charge in [-0.05, 0) is 40.2 Å². The van der Waals surface area contributed by atoms with E-state index in [0.29, 0.717) is 17.0 Å². The average molecular weight is 390 g/mol. The average Bonchev–Trinajstić information content (AvgIpc) is 2.46. The number of anilines is 2. The van der Waals surface area contributed by atoms with E-state index in [1.807, 2.05) is 0 Å². The molecule has 0 heterocycles. The highest BCUT2D eigenvalue weighted by Crippen LogP contribution is 2.31. The smallest absolute Gasteiger partial charge is 0.255 e. The third-order valence-corrected chi connectivity index (χ3v) is 4.20. The number of halogens is 3. The number of nitrogens with two attached hydrogens (primary N) is 1. The van der Waals surface area contributed by atoms with E-state index in [1.54, 1.807) is 25.3 Å². The van der Waals surface area contributed by atoms with Crippen molar-refractivity contribution in [2.75, 3.05) is 18.2 Å². The molecule has 0 aromatic heterocycles. The third kappa shape index (κ3) is 3.61. The number of hydrogen-bond donors (Lipinski definition) is 2. The van der Waals surface area contributed by atoms with Crippen molar-refractivity contribution in [3.8, 4) is 5.75 Å². The number of nitrogens with one attached hydrogen (secondary N) is 1. The Balaban J connectivity index is 2.26. The van der Waals surface area contributed by atoms with Crippen LogP contribution >= 0.6 is 39.1 Å². The molecule has 0 spiro atoms. The minimum atomic E-state index is -0.343. The zero-order valence-electron chi connectivity index (χ0n) is 10.9. The van der Waals surface area contributed by atoms with Crippen LogP contribution < -0.4 is 15.8 Å². The van der Waals surface area contributed by atoms with Gasteiger partial charge in [-0.3, -0.25) is 4.79 Å². The summed E-state index contributed by atoms with van der Waals surface area (Å²) in [4.78, 5) is 12.2. The molecule has 0 radical (unpaired) electrons. The second kappa shape index (κ2) is 6.56. The Morgan fingerprint density at radius 2 is 2.00 bits per heavy atom. The molecule has 0 saturated carbocycles. The van der Waals surface area contributed by atoms with E-state index in [2.05, 4.69) is 21.2 Å². The Morgan fingerprint density at radius 3 is 2.62 bits per heavy atom. The predicted octanol–water partition coefficient (Wildman–Crippen LogP) is 4.60. The van der Waals surface area contributed by atoms with Crippen LogP contribution in [-0.2, 0) is 0 Å². The van der Waals surface area contributed by atoms with Gasteiger partial charge in [-0.25, -0.2) is 0 Å². The molecular weight excluding hydrogens is 379 g/mol. The zero-order valence-corrected chi connectivity index (χ0v) is 14.0. The first kappa shape index (κ1) is 15.9. The van der Waals surface area contributed by atoms with Crippen molar-refractivity contribution in [1.29, 1.82) is 0 Å². The zero-order chi connectivity index (χ0) is 15.6. The fourth-order valence-electron chi connectivity index (χ4n) is 1.68. The van der Waals surface area contributed by atoms with Gasteiger partial charge in [-0.2, -0.15) is 0 Å². The van der Waals surface area contributed by atoms with Gasteiger partial charge in [0, 0.05) is 17.3 Å². The number of carbonyl (C=O) groups excluding carboxylic acids is 1. The molecule has 4 nitrogen and oxygen atoms in total. The SMILES string of the molecule is COc1cc(NC(=O)c2cc(N)c(Cl)c(Cl)c2)ccc1Br. The van der Waals surface area contributed by atoms with Gasteiger partial charge >= 0.3 is 0 Å². The molecule has 0 bridgehead atoms. The van der Waals surface area contributed by atoms with Crippen LogP contribution in [0.2, 0.25) is 10.0 Å². The highest BCUT2D eigenvalue weighted by molar-refractivity contribution is 9.10. The summed E-state index contributed by atoms with van der Waals surface area (Å²) >= 11 is 15.1. The van der Waals surface area contributed by atoms with Gasteiger partial charge < -0.3 is 15.8 Å². The van der Waals surface area contributed by atoms with E-state index < -0.39 is 0 Å². The van der Waals surface area contributed by atoms with Crippen LogP contribution in [0.3, 0.4) is 0 Å². The number of amides is 1. The highest BCUT2D eigenvalue weighted by atomic mass is 79.9. The third-order valence-electron chi connectivity index (χ3n) is 2.73. The molecule has 0 aliphatic carbocycles. The molecule has 0 aliphatic heterocycles. The standard InChI is InChI=1S/C14H11BrCl2N2O2/c1-21-12-6-8(2-3-9(12)15)19-14(20)7-4-10(16)13(17)11(18)5-7/h2-6H,18H2,1H3,(H,19,20). The second-order valence-electron chi connectivity index (χ2n) is 4.16. The highest BCUT2D eigenvalue weighted by Gasteiger charge is 2.12. The Kier molecular flexibility index (Phi) is 4.98. The monoisotopic (exact) mass is 388 g/mol. The molecule has 0 fully saturated rings. The van der Waals surface area contributed by atoms with Crippen LogP contribution in [0.5, 0.6) is 5.75 Å². The summed E-state index contributed by atoms with van der Waals surface area (Å²) in [5.41, 5.74) is 6.86. The van der Waals surface area contributed by atoms with Crippen LogP contribution in [0, 0.1) is 0 Å². The first-order chi connectivity index (χ1) is 9.92. The van der Waals surface area contributed by atoms with Crippen molar-refractivity contribution in [2.45, 2.75) is 0 Å². The fraction of sp³-hybridized carbons (Fsp3) is 0.0714. The molecule has 1 amide bonds. The van der Waals surface area contributed by atoms with Gasteiger partial charge in [0.05, 0.1) is 27.3 Å². The maximum Gasteiger partial charge on any atom is 0.255 e. The van der Waals surface area contributed by atoms with Gasteiger partial charge in [0.2, 0.25) is 0 Å². The first-order valence-corrected chi connectivity index (χ1v) is 7.36. The number of methoxy groups -OCH3 is 1. The summed E-state index contributed by atoms with van der Waals surface area (Å²) in [7, 11) is 1.55. The first-order valence-electron chi connectivity index (χ1n) is 5.81. The van der Waals surface area contributed by atoms with E-state index >= 15 is 0 Å². The van der Waals surface area contributed by atoms with Crippen molar-refractivity contribution in [1.82, 2.24) is 0 Å². The molecule has 7 heteroatoms. The Morgan fingerprint density at radius 1 is 1.29 bits per heavy atom. The summed E-state index contributed by atoms with van der Waals surface area (Å²) in [6.45, 7) is 0. The molecule has 2 rings (SSSR count). The molecule has 0 atom stereocenters. The van der Waals surface area contributed by atoms with Crippen molar-refractivity contribution >= 4 is 56.4 Å². The largest absolute Gasteiger partial charge is 0.495 e. The number of ether oxygens (including phenoxy) is 1. The maximum atomic E-state index is 12.2. The van der Waals surface area contributed by atoms with Crippen molar-refractivity contribution < 1.29 is 9.53 Å². The fourth-order valence-corrected chi connectivity index (χ4v) is 2.43. The predicted molar refractivity (Wildman–Crippen MR) is 89.5 cm³/mol. The summed E-state index contributed by atoms with van der Waals surface area (Å²) in [6.07, 6.45) is 0. The van der Waals surface area contributed by atoms with Gasteiger partial charge in [0.1, 0.15) is 5.75 Å². The molecule has 21 heavy (non-hydrogen) atoms. The van der Waals surface area contributed by atoms with Crippen molar-refractivity contribution in [2.24, 2.45) is 0 Å². The van der Waals surface area contributed by atoms with Gasteiger partial charge in [0.25, 0.3) is 5.91 Å². The van der Waals surface area contributed by atoms with Gasteiger partial charge in [0.15, 0.2) is 0 Å². The van der Waals surface area contributed by atoms with Crippen LogP contribution in [0.4, 0.5) is 11.4 Å². The summed E-state index contributed by atoms with van der Waals surface area (Å²) in [6, 6.07) is 8.15. The van der Waals surface area contributed by atoms with Crippen LogP contribution in [0.25, 0.3) is 0 Å². The molecule has 3 N–H and O–H groups in total. The molecule has 0 aliphatic rings. The normalized spacial score (nSPS) is 10.3. The minimum Gasteiger partial charge on any atom is -0.495 e. The Hall–Kier alpha value is -1.43. The molecular formula is C14H11BrCl2N2O2. The van der Waals surface area contributed by atoms with E-state index in [9.17, 15) is 4.79 Å². The number of nitrogen functional groups attached to an aromatic ring is 1. The Bertz CT molecular complexity index is 684. The molecule has 110 valence electrons. The molecule has 2 aromatic carbocycles. The number of carbonyl (C=O) groups is 1. The number of rotatable bonds is 3. The molecule has 2 aromatic rings. The van der Waals surface area contributed by atoms with E-state index in [0.717, 1.165) is 4.47 Å². The number of hydrogen-bond acceptors (Lipinski definition) is 3. The quantitative estimate of drug-likeness (QED) is 0.754. The minimum absolute atomic E-state index is 0.232. The lowest BCUT2D eigenvalue weighted by atomic mass is 10.2. The van der Waals surface area contributed by atoms with E-state index in [1.165, 1.54) is 12.1 Å². The lowest BCUT2D eigenvalue weighted by molar-refractivity contribution is 0.102. The topological polar surface area (TPSA) is 64.3 Å². The lowest BCUT2D eigenvalue weighted by Gasteiger charge is -2.10. The van der Waals surface area contributed by atoms with Gasteiger partial charge in [-0.1, -0.05) is 23.2 Å².